The van der Waals surface area contributed by atoms with Crippen LogP contribution in [0, 0.1) is 0 Å². The highest BCUT2D eigenvalue weighted by Crippen LogP contribution is 2.19. The van der Waals surface area contributed by atoms with Crippen LogP contribution in [0.15, 0.2) is 11.6 Å². The maximum atomic E-state index is 2.38. The second kappa shape index (κ2) is 2.15. The van der Waals surface area contributed by atoms with Gasteiger partial charge in [0.1, 0.15) is 0 Å². The summed E-state index contributed by atoms with van der Waals surface area (Å²) in [7, 11) is 0. The van der Waals surface area contributed by atoms with Crippen LogP contribution in [-0.2, 0) is 0 Å². The Bertz CT molecular complexity index is 80.0. The van der Waals surface area contributed by atoms with Crippen molar-refractivity contribution in [1.29, 1.82) is 0 Å². The minimum Gasteiger partial charge on any atom is -0.0853 e. The largest absolute Gasteiger partial charge is 0.0853 e. The number of hydrogen-bond donors (Lipinski definition) is 0. The second-order valence-electron chi connectivity index (χ2n) is 2.11. The van der Waals surface area contributed by atoms with Gasteiger partial charge in [-0.05, 0) is 25.7 Å². The molecule has 0 saturated heterocycles. The molecule has 0 heteroatoms. The van der Waals surface area contributed by atoms with Crippen LogP contribution in [0.25, 0.3) is 0 Å². The normalized spacial score (nSPS) is 19.9. The Kier molecular flexibility index (Phi) is 1.50. The molecule has 0 atom stereocenters. The lowest BCUT2D eigenvalue weighted by molar-refractivity contribution is 0.879. The van der Waals surface area contributed by atoms with Gasteiger partial charge in [0.05, 0.1) is 0 Å². The van der Waals surface area contributed by atoms with Crippen LogP contribution in [0.2, 0.25) is 0 Å². The van der Waals surface area contributed by atoms with E-state index in [1.54, 1.807) is 5.57 Å². The van der Waals surface area contributed by atoms with Gasteiger partial charge in [0.15, 0.2) is 0 Å². The molecule has 0 radical (unpaired) electrons. The maximum Gasteiger partial charge on any atom is -0.0317 e. The van der Waals surface area contributed by atoms with Gasteiger partial charge in [0, 0.05) is 0 Å². The lowest BCUT2D eigenvalue weighted by Gasteiger charge is -1.88. The molecule has 0 unspecified atom stereocenters. The van der Waals surface area contributed by atoms with Gasteiger partial charge in [-0.2, -0.15) is 0 Å². The minimum atomic E-state index is 1.28. The van der Waals surface area contributed by atoms with Crippen LogP contribution in [0.3, 0.4) is 0 Å². The van der Waals surface area contributed by atoms with E-state index >= 15 is 0 Å². The Labute approximate surface area is 45.2 Å². The van der Waals surface area contributed by atoms with E-state index in [2.05, 4.69) is 13.0 Å². The summed E-state index contributed by atoms with van der Waals surface area (Å²) in [6.45, 7) is 2.23. The van der Waals surface area contributed by atoms with Crippen molar-refractivity contribution in [3.8, 4) is 0 Å². The van der Waals surface area contributed by atoms with Gasteiger partial charge in [-0.1, -0.05) is 18.6 Å². The molecule has 0 N–H and O–H groups in total. The Balaban J connectivity index is 2.36. The fourth-order valence-corrected chi connectivity index (χ4v) is 1.06. The third-order valence-electron chi connectivity index (χ3n) is 1.59. The highest BCUT2D eigenvalue weighted by atomic mass is 14.0. The van der Waals surface area contributed by atoms with E-state index in [1.807, 2.05) is 0 Å². The third-order valence-corrected chi connectivity index (χ3v) is 1.59. The quantitative estimate of drug-likeness (QED) is 0.440. The summed E-state index contributed by atoms with van der Waals surface area (Å²) < 4.78 is 0. The molecule has 0 fully saturated rings. The van der Waals surface area contributed by atoms with Crippen molar-refractivity contribution < 1.29 is 0 Å². The molecule has 0 aromatic carbocycles. The maximum absolute atomic E-state index is 2.38. The fraction of sp³-hybridized carbons (Fsp3) is 0.714. The fourth-order valence-electron chi connectivity index (χ4n) is 1.06. The third kappa shape index (κ3) is 1.05. The Hall–Kier alpha value is -0.260. The minimum absolute atomic E-state index is 1.28. The van der Waals surface area contributed by atoms with Gasteiger partial charge in [0.25, 0.3) is 0 Å². The molecule has 0 saturated carbocycles. The first-order valence-electron chi connectivity index (χ1n) is 3.11. The molecule has 1 aliphatic carbocycles. The lowest BCUT2D eigenvalue weighted by atomic mass is 10.2. The molecule has 1 aliphatic rings. The second-order valence-corrected chi connectivity index (χ2v) is 2.11. The smallest absolute Gasteiger partial charge is 0.0317 e. The van der Waals surface area contributed by atoms with Crippen LogP contribution in [-0.4, -0.2) is 0 Å². The zero-order chi connectivity index (χ0) is 5.11. The summed E-state index contributed by atoms with van der Waals surface area (Å²) in [4.78, 5) is 0. The predicted octanol–water partition coefficient (Wildman–Crippen LogP) is 2.51. The molecule has 0 spiro atoms. The molecule has 0 heterocycles. The van der Waals surface area contributed by atoms with Crippen LogP contribution in [0.5, 0.6) is 0 Å². The molecular weight excluding hydrogens is 84.1 g/mol. The summed E-state index contributed by atoms with van der Waals surface area (Å²) in [5, 5.41) is 0. The van der Waals surface area contributed by atoms with Gasteiger partial charge < -0.3 is 0 Å². The summed E-state index contributed by atoms with van der Waals surface area (Å²) in [6.07, 6.45) is 7.77. The van der Waals surface area contributed by atoms with E-state index in [-0.39, 0.29) is 0 Å². The lowest BCUT2D eigenvalue weighted by Crippen LogP contribution is -1.68. The van der Waals surface area contributed by atoms with Gasteiger partial charge in [-0.15, -0.1) is 0 Å². The van der Waals surface area contributed by atoms with E-state index in [1.165, 1.54) is 25.7 Å². The van der Waals surface area contributed by atoms with Crippen molar-refractivity contribution in [3.63, 3.8) is 0 Å². The molecule has 0 amide bonds. The highest BCUT2D eigenvalue weighted by Gasteiger charge is 1.99. The molecule has 7 heavy (non-hydrogen) atoms. The van der Waals surface area contributed by atoms with Gasteiger partial charge in [-0.25, -0.2) is 0 Å². The first kappa shape index (κ1) is 4.89. The molecule has 0 aromatic rings. The van der Waals surface area contributed by atoms with E-state index in [0.717, 1.165) is 0 Å². The molecule has 0 nitrogen and oxygen atoms in total. The first-order chi connectivity index (χ1) is 3.43. The van der Waals surface area contributed by atoms with Crippen LogP contribution in [0.1, 0.15) is 32.6 Å². The highest BCUT2D eigenvalue weighted by molar-refractivity contribution is 5.05. The summed E-state index contributed by atoms with van der Waals surface area (Å²) >= 11 is 0. The summed E-state index contributed by atoms with van der Waals surface area (Å²) in [5.74, 6) is 0. The van der Waals surface area contributed by atoms with E-state index in [9.17, 15) is 0 Å². The first-order valence-corrected chi connectivity index (χ1v) is 3.11. The van der Waals surface area contributed by atoms with Crippen molar-refractivity contribution >= 4 is 0 Å². The number of rotatable bonds is 1. The SMILES string of the molecule is CCC1=CCCC1. The Morgan fingerprint density at radius 3 is 2.86 bits per heavy atom. The van der Waals surface area contributed by atoms with Gasteiger partial charge in [0.2, 0.25) is 0 Å². The topological polar surface area (TPSA) is 0 Å². The van der Waals surface area contributed by atoms with Crippen molar-refractivity contribution in [2.45, 2.75) is 32.6 Å². The van der Waals surface area contributed by atoms with Crippen LogP contribution in [0.4, 0.5) is 0 Å². The average Bonchev–Trinajstić information content (AvgIpc) is 2.14. The predicted molar refractivity (Wildman–Crippen MR) is 32.2 cm³/mol. The molecular formula is C7H12. The van der Waals surface area contributed by atoms with Crippen LogP contribution < -0.4 is 0 Å². The van der Waals surface area contributed by atoms with Crippen molar-refractivity contribution in [3.05, 3.63) is 11.6 Å². The van der Waals surface area contributed by atoms with E-state index in [4.69, 9.17) is 0 Å². The Morgan fingerprint density at radius 2 is 2.57 bits per heavy atom. The molecule has 40 valence electrons. The molecule has 1 rings (SSSR count). The van der Waals surface area contributed by atoms with Crippen molar-refractivity contribution in [2.75, 3.05) is 0 Å². The van der Waals surface area contributed by atoms with Gasteiger partial charge >= 0.3 is 0 Å². The zero-order valence-electron chi connectivity index (χ0n) is 4.91. The standard InChI is InChI=1S/C7H12/c1-2-7-5-3-4-6-7/h5H,2-4,6H2,1H3. The van der Waals surface area contributed by atoms with E-state index < -0.39 is 0 Å². The average molecular weight is 96.2 g/mol. The summed E-state index contributed by atoms with van der Waals surface area (Å²) in [5.41, 5.74) is 1.67. The van der Waals surface area contributed by atoms with Crippen molar-refractivity contribution in [2.24, 2.45) is 0 Å². The number of allylic oxidation sites excluding steroid dienone is 2. The molecule has 0 aromatic heterocycles. The van der Waals surface area contributed by atoms with Gasteiger partial charge in [-0.3, -0.25) is 0 Å². The summed E-state index contributed by atoms with van der Waals surface area (Å²) in [6, 6.07) is 0. The monoisotopic (exact) mass is 96.1 g/mol. The molecule has 0 bridgehead atoms. The Morgan fingerprint density at radius 1 is 1.71 bits per heavy atom. The zero-order valence-corrected chi connectivity index (χ0v) is 4.91. The number of hydrogen-bond acceptors (Lipinski definition) is 0. The molecule has 0 aliphatic heterocycles. The van der Waals surface area contributed by atoms with Crippen molar-refractivity contribution in [1.82, 2.24) is 0 Å². The van der Waals surface area contributed by atoms with Crippen LogP contribution >= 0.6 is 0 Å². The van der Waals surface area contributed by atoms with E-state index in [0.29, 0.717) is 0 Å².